The predicted molar refractivity (Wildman–Crippen MR) is 307 cm³/mol. The Labute approximate surface area is 458 Å². The number of methoxy groups -OCH3 is 1. The Bertz CT molecular complexity index is 1860. The molecule has 2 saturated heterocycles. The zero-order valence-corrected chi connectivity index (χ0v) is 50.1. The van der Waals surface area contributed by atoms with E-state index >= 15 is 0 Å². The maximum Gasteiger partial charge on any atom is 0.309 e. The van der Waals surface area contributed by atoms with Gasteiger partial charge in [-0.15, -0.1) is 0 Å². The number of azide groups is 2. The van der Waals surface area contributed by atoms with Crippen LogP contribution in [-0.2, 0) is 23.8 Å². The van der Waals surface area contributed by atoms with Crippen LogP contribution in [0.1, 0.15) is 151 Å². The van der Waals surface area contributed by atoms with Gasteiger partial charge >= 0.3 is 11.9 Å². The third kappa shape index (κ3) is 24.5. The predicted octanol–water partition coefficient (Wildman–Crippen LogP) is 16.1. The Morgan fingerprint density at radius 1 is 0.729 bits per heavy atom. The van der Waals surface area contributed by atoms with Gasteiger partial charge in [0.15, 0.2) is 0 Å². The molecule has 400 valence electrons. The summed E-state index contributed by atoms with van der Waals surface area (Å²) in [5.74, 6) is 1.77. The van der Waals surface area contributed by atoms with E-state index in [0.717, 1.165) is 53.0 Å². The van der Waals surface area contributed by atoms with Crippen molar-refractivity contribution < 1.29 is 38.4 Å². The number of hydrogen-bond acceptors (Lipinski definition) is 10. The SMILES string of the molecule is C.CCCCOc1cc(Br)ccc1C.CCCCOc1cc(C(O)[C@@H](C[C@H](N=[N+]=[N-])[C@@H]2C[C@@H](C(C)C)C(=O)O2)C(C)C)ccc1C.CI.CI.CO[C@@H](C[C@H](N=[N+]=[N-])[C@@H]1C[C@@H](C(C)C)C(=O)O1)C(C)C. The molecule has 2 fully saturated rings. The highest BCUT2D eigenvalue weighted by molar-refractivity contribution is 14.1. The van der Waals surface area contributed by atoms with E-state index in [9.17, 15) is 14.7 Å². The number of unbranched alkanes of at least 4 members (excludes halogenated alkanes) is 2. The molecule has 2 aliphatic rings. The van der Waals surface area contributed by atoms with E-state index in [2.05, 4.69) is 122 Å². The highest BCUT2D eigenvalue weighted by Gasteiger charge is 2.42. The summed E-state index contributed by atoms with van der Waals surface area (Å²) in [4.78, 5) is 34.0. The number of esters is 2. The number of halogens is 3. The smallest absolute Gasteiger partial charge is 0.309 e. The Morgan fingerprint density at radius 2 is 1.16 bits per heavy atom. The van der Waals surface area contributed by atoms with Crippen molar-refractivity contribution in [2.24, 2.45) is 51.7 Å². The Morgan fingerprint density at radius 3 is 1.53 bits per heavy atom. The van der Waals surface area contributed by atoms with Crippen LogP contribution in [0.15, 0.2) is 51.1 Å². The largest absolute Gasteiger partial charge is 0.493 e. The summed E-state index contributed by atoms with van der Waals surface area (Å²) in [6.07, 6.45) is 4.95. The van der Waals surface area contributed by atoms with Gasteiger partial charge in [0.05, 0.1) is 49.3 Å². The van der Waals surface area contributed by atoms with Crippen molar-refractivity contribution in [3.63, 3.8) is 0 Å². The number of cyclic esters (lactones) is 2. The summed E-state index contributed by atoms with van der Waals surface area (Å²) < 4.78 is 29.1. The highest BCUT2D eigenvalue weighted by atomic mass is 127. The molecular formula is C53H89BrI2N6O8. The molecule has 2 aromatic carbocycles. The van der Waals surface area contributed by atoms with E-state index in [4.69, 9.17) is 34.7 Å². The standard InChI is InChI=1S/C25H39N3O4.C14H25N3O3.C11H15BrO.2CH3I.CH4/c1-7-8-11-31-22-12-18(10-9-17(22)6)24(29)19(15(2)3)13-21(27-28-26)23-14-20(16(4)5)25(30)32-23;1-8(2)10-6-13(20-14(10)18)11(16-17-15)7-12(19-5)9(3)4;1-3-4-7-13-11-8-10(12)6-5-9(11)2;2*1-2;/h9-10,12,15-16,19-21,23-24,29H,7-8,11,13-14H2,1-6H3;8-13H,6-7H2,1-5H3;5-6,8H,3-4,7H2,1-2H3;2*1H3;1H4/t19-,20-,21-,23-,24?;10-,11-,12-,13-;;;;/m00..../s1. The van der Waals surface area contributed by atoms with Crippen molar-refractivity contribution in [2.45, 2.75) is 178 Å². The molecule has 2 aliphatic heterocycles. The number of nitrogens with zero attached hydrogens (tertiary/aromatic N) is 6. The van der Waals surface area contributed by atoms with Crippen LogP contribution in [0, 0.1) is 55.3 Å². The number of aliphatic hydroxyl groups is 1. The van der Waals surface area contributed by atoms with E-state index in [-0.39, 0.29) is 73.1 Å². The molecule has 1 N–H and O–H groups in total. The van der Waals surface area contributed by atoms with E-state index in [1.807, 2.05) is 88.7 Å². The minimum atomic E-state index is -0.751. The molecular weight excluding hydrogens is 1180 g/mol. The topological polar surface area (TPSA) is 198 Å². The maximum absolute atomic E-state index is 12.3. The molecule has 0 aromatic heterocycles. The van der Waals surface area contributed by atoms with E-state index in [1.54, 1.807) is 7.11 Å². The molecule has 1 unspecified atom stereocenters. The fraction of sp³-hybridized carbons (Fsp3) is 0.736. The first-order chi connectivity index (χ1) is 32.8. The van der Waals surface area contributed by atoms with Crippen LogP contribution in [0.25, 0.3) is 20.9 Å². The van der Waals surface area contributed by atoms with E-state index < -0.39 is 18.2 Å². The normalized spacial score (nSPS) is 19.0. The van der Waals surface area contributed by atoms with Gasteiger partial charge in [0.1, 0.15) is 23.7 Å². The molecule has 2 heterocycles. The molecule has 0 radical (unpaired) electrons. The lowest BCUT2D eigenvalue weighted by atomic mass is 9.80. The van der Waals surface area contributed by atoms with Gasteiger partial charge in [-0.3, -0.25) is 9.59 Å². The van der Waals surface area contributed by atoms with Gasteiger partial charge in [-0.25, -0.2) is 0 Å². The van der Waals surface area contributed by atoms with Gasteiger partial charge in [-0.05, 0) is 138 Å². The minimum absolute atomic E-state index is 0. The van der Waals surface area contributed by atoms with Crippen LogP contribution in [0.2, 0.25) is 0 Å². The van der Waals surface area contributed by atoms with Gasteiger partial charge in [0, 0.05) is 21.4 Å². The lowest BCUT2D eigenvalue weighted by molar-refractivity contribution is -0.147. The molecule has 4 rings (SSSR count). The van der Waals surface area contributed by atoms with Crippen molar-refractivity contribution in [3.8, 4) is 11.5 Å². The van der Waals surface area contributed by atoms with Gasteiger partial charge in [0.2, 0.25) is 0 Å². The van der Waals surface area contributed by atoms with Gasteiger partial charge in [-0.1, -0.05) is 179 Å². The third-order valence-corrected chi connectivity index (χ3v) is 13.0. The van der Waals surface area contributed by atoms with Crippen LogP contribution in [0.4, 0.5) is 0 Å². The molecule has 2 aromatic rings. The number of benzene rings is 2. The van der Waals surface area contributed by atoms with Crippen LogP contribution in [-0.4, -0.2) is 77.6 Å². The number of carbonyl (C=O) groups is 2. The van der Waals surface area contributed by atoms with Gasteiger partial charge in [-0.2, -0.15) is 0 Å². The van der Waals surface area contributed by atoms with Crippen molar-refractivity contribution >= 4 is 73.1 Å². The zero-order valence-electron chi connectivity index (χ0n) is 44.2. The van der Waals surface area contributed by atoms with Crippen molar-refractivity contribution in [2.75, 3.05) is 30.2 Å². The molecule has 0 spiro atoms. The van der Waals surface area contributed by atoms with Crippen LogP contribution in [0.5, 0.6) is 11.5 Å². The lowest BCUT2D eigenvalue weighted by Gasteiger charge is -2.31. The lowest BCUT2D eigenvalue weighted by Crippen LogP contribution is -2.31. The fourth-order valence-electron chi connectivity index (χ4n) is 8.01. The van der Waals surface area contributed by atoms with Gasteiger partial charge in [0.25, 0.3) is 0 Å². The molecule has 17 heteroatoms. The average Bonchev–Trinajstić information content (AvgIpc) is 3.92. The van der Waals surface area contributed by atoms with Crippen LogP contribution >= 0.6 is 61.1 Å². The van der Waals surface area contributed by atoms with Crippen LogP contribution < -0.4 is 9.47 Å². The number of ether oxygens (including phenoxy) is 5. The zero-order chi connectivity index (χ0) is 52.8. The summed E-state index contributed by atoms with van der Waals surface area (Å²) in [5, 5.41) is 19.1. The van der Waals surface area contributed by atoms with Gasteiger partial charge < -0.3 is 28.8 Å². The Balaban J connectivity index is 0. The number of hydrogen-bond donors (Lipinski definition) is 1. The second-order valence-corrected chi connectivity index (χ2v) is 19.8. The molecule has 14 nitrogen and oxygen atoms in total. The van der Waals surface area contributed by atoms with Crippen molar-refractivity contribution in [1.29, 1.82) is 0 Å². The number of rotatable bonds is 23. The number of alkyl halides is 2. The number of aliphatic hydroxyl groups excluding tert-OH is 1. The number of aryl methyl sites for hydroxylation is 2. The maximum atomic E-state index is 12.3. The number of carbonyl (C=O) groups excluding carboxylic acids is 2. The summed E-state index contributed by atoms with van der Waals surface area (Å²) in [7, 11) is 1.65. The Kier molecular flexibility index (Phi) is 38.7. The molecule has 0 bridgehead atoms. The summed E-state index contributed by atoms with van der Waals surface area (Å²) >= 11 is 7.73. The van der Waals surface area contributed by atoms with Crippen molar-refractivity contribution in [3.05, 3.63) is 78.4 Å². The molecule has 0 saturated carbocycles. The summed E-state index contributed by atoms with van der Waals surface area (Å²) in [6.45, 7) is 26.0. The second kappa shape index (κ2) is 39.0. The monoisotopic (exact) mass is 1270 g/mol. The first-order valence-corrected chi connectivity index (χ1v) is 29.5. The fourth-order valence-corrected chi connectivity index (χ4v) is 8.35. The second-order valence-electron chi connectivity index (χ2n) is 18.8. The van der Waals surface area contributed by atoms with Crippen LogP contribution in [0.3, 0.4) is 0 Å². The van der Waals surface area contributed by atoms with E-state index in [1.165, 1.54) is 12.0 Å². The summed E-state index contributed by atoms with van der Waals surface area (Å²) in [6, 6.07) is 11.0. The molecule has 0 aliphatic carbocycles. The summed E-state index contributed by atoms with van der Waals surface area (Å²) in [5.41, 5.74) is 20.9. The molecule has 9 atom stereocenters. The van der Waals surface area contributed by atoms with E-state index in [0.29, 0.717) is 38.2 Å². The first-order valence-electron chi connectivity index (χ1n) is 24.4. The quantitative estimate of drug-likeness (QED) is 0.0215. The molecule has 0 amide bonds. The minimum Gasteiger partial charge on any atom is -0.493 e. The average molecular weight is 1270 g/mol. The first kappa shape index (κ1) is 69.5. The highest BCUT2D eigenvalue weighted by Crippen LogP contribution is 2.39. The Hall–Kier alpha value is -2.54. The molecule has 70 heavy (non-hydrogen) atoms. The van der Waals surface area contributed by atoms with Crippen molar-refractivity contribution in [1.82, 2.24) is 0 Å². The third-order valence-electron chi connectivity index (χ3n) is 12.5.